The van der Waals surface area contributed by atoms with Crippen LogP contribution >= 0.6 is 23.4 Å². The van der Waals surface area contributed by atoms with Gasteiger partial charge in [-0.15, -0.1) is 0 Å². The SMILES string of the molecule is CCCc1nc(SC2(CC(=O)OCC)CCCCC2)c(C(=O)OCC)n1Cc1cc2c(cc1Cl)OCO2. The van der Waals surface area contributed by atoms with Gasteiger partial charge in [-0.05, 0) is 44.7 Å². The predicted molar refractivity (Wildman–Crippen MR) is 142 cm³/mol. The highest BCUT2D eigenvalue weighted by Crippen LogP contribution is 2.47. The summed E-state index contributed by atoms with van der Waals surface area (Å²) in [5, 5.41) is 1.13. The Labute approximate surface area is 227 Å². The summed E-state index contributed by atoms with van der Waals surface area (Å²) in [6.45, 7) is 6.76. The van der Waals surface area contributed by atoms with Gasteiger partial charge in [-0.2, -0.15) is 0 Å². The molecule has 2 heterocycles. The molecular formula is C27H35ClN2O6S. The van der Waals surface area contributed by atoms with Crippen LogP contribution in [0.1, 0.15) is 87.6 Å². The molecule has 0 spiro atoms. The van der Waals surface area contributed by atoms with Crippen LogP contribution < -0.4 is 9.47 Å². The highest BCUT2D eigenvalue weighted by Gasteiger charge is 2.39. The number of benzene rings is 1. The molecule has 0 saturated heterocycles. The summed E-state index contributed by atoms with van der Waals surface area (Å²) in [5.74, 6) is 1.37. The van der Waals surface area contributed by atoms with Crippen LogP contribution in [0.4, 0.5) is 0 Å². The zero-order chi connectivity index (χ0) is 26.4. The van der Waals surface area contributed by atoms with Crippen molar-refractivity contribution >= 4 is 35.3 Å². The molecule has 0 unspecified atom stereocenters. The van der Waals surface area contributed by atoms with E-state index in [0.717, 1.165) is 49.9 Å². The van der Waals surface area contributed by atoms with Gasteiger partial charge in [-0.1, -0.05) is 49.5 Å². The Bertz CT molecular complexity index is 1130. The highest BCUT2D eigenvalue weighted by molar-refractivity contribution is 8.00. The van der Waals surface area contributed by atoms with Crippen molar-refractivity contribution in [2.75, 3.05) is 20.0 Å². The molecule has 1 aliphatic carbocycles. The number of nitrogens with zero attached hydrogens (tertiary/aromatic N) is 2. The van der Waals surface area contributed by atoms with Gasteiger partial charge in [0.1, 0.15) is 10.9 Å². The fraction of sp³-hybridized carbons (Fsp3) is 0.593. The molecule has 2 aliphatic rings. The molecule has 0 radical (unpaired) electrons. The molecule has 0 amide bonds. The second-order valence-electron chi connectivity index (χ2n) is 9.36. The average molecular weight is 551 g/mol. The molecule has 4 rings (SSSR count). The Morgan fingerprint density at radius 3 is 2.46 bits per heavy atom. The zero-order valence-electron chi connectivity index (χ0n) is 21.8. The smallest absolute Gasteiger partial charge is 0.357 e. The van der Waals surface area contributed by atoms with Gasteiger partial charge >= 0.3 is 11.9 Å². The van der Waals surface area contributed by atoms with Crippen molar-refractivity contribution < 1.29 is 28.5 Å². The van der Waals surface area contributed by atoms with Gasteiger partial charge in [0, 0.05) is 22.3 Å². The van der Waals surface area contributed by atoms with Crippen LogP contribution in [-0.2, 0) is 27.2 Å². The molecule has 1 aliphatic heterocycles. The lowest BCUT2D eigenvalue weighted by Gasteiger charge is -2.35. The first-order valence-corrected chi connectivity index (χ1v) is 14.3. The van der Waals surface area contributed by atoms with Crippen molar-refractivity contribution in [3.05, 3.63) is 34.2 Å². The second-order valence-corrected chi connectivity index (χ2v) is 11.2. The van der Waals surface area contributed by atoms with E-state index in [2.05, 4.69) is 6.92 Å². The van der Waals surface area contributed by atoms with Gasteiger partial charge in [0.05, 0.1) is 26.2 Å². The van der Waals surface area contributed by atoms with Crippen molar-refractivity contribution in [1.29, 1.82) is 0 Å². The van der Waals surface area contributed by atoms with Crippen molar-refractivity contribution in [2.45, 2.75) is 88.5 Å². The number of fused-ring (bicyclic) bond motifs is 1. The fourth-order valence-electron chi connectivity index (χ4n) is 4.97. The van der Waals surface area contributed by atoms with Crippen molar-refractivity contribution in [1.82, 2.24) is 9.55 Å². The van der Waals surface area contributed by atoms with E-state index in [0.29, 0.717) is 46.8 Å². The topological polar surface area (TPSA) is 88.9 Å². The number of imidazole rings is 1. The lowest BCUT2D eigenvalue weighted by molar-refractivity contribution is -0.144. The van der Waals surface area contributed by atoms with E-state index in [1.807, 2.05) is 17.6 Å². The third kappa shape index (κ3) is 6.37. The standard InChI is InChI=1S/C27H35ClN2O6S/c1-4-10-22-29-25(37-27(11-8-7-9-12-27)15-23(31)33-5-2)24(26(32)34-6-3)30(22)16-18-13-20-21(14-19(18)28)36-17-35-20/h13-14H,4-12,15-17H2,1-3H3. The van der Waals surface area contributed by atoms with E-state index < -0.39 is 5.97 Å². The minimum absolute atomic E-state index is 0.151. The number of thioether (sulfide) groups is 1. The second kappa shape index (κ2) is 12.4. The first-order chi connectivity index (χ1) is 17.9. The van der Waals surface area contributed by atoms with Crippen LogP contribution in [0.5, 0.6) is 11.5 Å². The quantitative estimate of drug-likeness (QED) is 0.306. The number of ether oxygens (including phenoxy) is 4. The number of hydrogen-bond donors (Lipinski definition) is 0. The fourth-order valence-corrected chi connectivity index (χ4v) is 6.72. The van der Waals surface area contributed by atoms with Gasteiger partial charge in [0.2, 0.25) is 6.79 Å². The third-order valence-electron chi connectivity index (χ3n) is 6.68. The Balaban J connectivity index is 1.76. The zero-order valence-corrected chi connectivity index (χ0v) is 23.3. The summed E-state index contributed by atoms with van der Waals surface area (Å²) < 4.78 is 23.4. The Kier molecular flexibility index (Phi) is 9.29. The number of halogens is 1. The first-order valence-electron chi connectivity index (χ1n) is 13.1. The summed E-state index contributed by atoms with van der Waals surface area (Å²) in [6.07, 6.45) is 6.73. The van der Waals surface area contributed by atoms with Gasteiger partial charge < -0.3 is 23.5 Å². The number of carbonyl (C=O) groups is 2. The van der Waals surface area contributed by atoms with E-state index in [1.165, 1.54) is 11.8 Å². The number of rotatable bonds is 11. The lowest BCUT2D eigenvalue weighted by atomic mass is 9.86. The molecule has 202 valence electrons. The van der Waals surface area contributed by atoms with Crippen molar-refractivity contribution in [3.8, 4) is 11.5 Å². The average Bonchev–Trinajstić information content (AvgIpc) is 3.44. The van der Waals surface area contributed by atoms with E-state index in [-0.39, 0.29) is 30.5 Å². The molecule has 10 heteroatoms. The van der Waals surface area contributed by atoms with Gasteiger partial charge in [-0.25, -0.2) is 9.78 Å². The molecule has 8 nitrogen and oxygen atoms in total. The van der Waals surface area contributed by atoms with E-state index in [4.69, 9.17) is 35.5 Å². The maximum atomic E-state index is 13.4. The Hall–Kier alpha value is -2.39. The third-order valence-corrected chi connectivity index (χ3v) is 8.49. The van der Waals surface area contributed by atoms with E-state index in [1.54, 1.807) is 13.0 Å². The monoisotopic (exact) mass is 550 g/mol. The molecule has 37 heavy (non-hydrogen) atoms. The summed E-state index contributed by atoms with van der Waals surface area (Å²) in [5.41, 5.74) is 1.19. The molecule has 1 fully saturated rings. The van der Waals surface area contributed by atoms with Gasteiger partial charge in [0.25, 0.3) is 0 Å². The number of esters is 2. The molecule has 0 N–H and O–H groups in total. The largest absolute Gasteiger partial charge is 0.466 e. The Morgan fingerprint density at radius 1 is 1.08 bits per heavy atom. The Morgan fingerprint density at radius 2 is 1.78 bits per heavy atom. The maximum Gasteiger partial charge on any atom is 0.357 e. The minimum atomic E-state index is -0.432. The van der Waals surface area contributed by atoms with Crippen LogP contribution in [0.3, 0.4) is 0 Å². The van der Waals surface area contributed by atoms with Gasteiger partial charge in [0.15, 0.2) is 17.2 Å². The van der Waals surface area contributed by atoms with Crippen LogP contribution in [0, 0.1) is 0 Å². The molecule has 0 atom stereocenters. The highest BCUT2D eigenvalue weighted by atomic mass is 35.5. The predicted octanol–water partition coefficient (Wildman–Crippen LogP) is 6.19. The normalized spacial score (nSPS) is 16.0. The van der Waals surface area contributed by atoms with Crippen LogP contribution in [0.15, 0.2) is 17.2 Å². The van der Waals surface area contributed by atoms with Crippen molar-refractivity contribution in [2.24, 2.45) is 0 Å². The first kappa shape index (κ1) is 27.6. The number of aromatic nitrogens is 2. The lowest BCUT2D eigenvalue weighted by Crippen LogP contribution is -2.32. The van der Waals surface area contributed by atoms with Crippen LogP contribution in [0.2, 0.25) is 5.02 Å². The van der Waals surface area contributed by atoms with E-state index in [9.17, 15) is 9.59 Å². The van der Waals surface area contributed by atoms with E-state index >= 15 is 0 Å². The van der Waals surface area contributed by atoms with Crippen molar-refractivity contribution in [3.63, 3.8) is 0 Å². The summed E-state index contributed by atoms with van der Waals surface area (Å²) in [4.78, 5) is 30.9. The van der Waals surface area contributed by atoms with Crippen LogP contribution in [-0.4, -0.2) is 46.2 Å². The number of hydrogen-bond acceptors (Lipinski definition) is 8. The summed E-state index contributed by atoms with van der Waals surface area (Å²) in [6, 6.07) is 3.59. The summed E-state index contributed by atoms with van der Waals surface area (Å²) in [7, 11) is 0. The number of aryl methyl sites for hydroxylation is 1. The molecule has 0 bridgehead atoms. The number of carbonyl (C=O) groups excluding carboxylic acids is 2. The molecule has 1 saturated carbocycles. The van der Waals surface area contributed by atoms with Gasteiger partial charge in [-0.3, -0.25) is 4.79 Å². The van der Waals surface area contributed by atoms with Crippen LogP contribution in [0.25, 0.3) is 0 Å². The molecule has 1 aromatic heterocycles. The molecule has 2 aromatic rings. The minimum Gasteiger partial charge on any atom is -0.466 e. The molecular weight excluding hydrogens is 516 g/mol. The molecule has 1 aromatic carbocycles. The maximum absolute atomic E-state index is 13.4. The summed E-state index contributed by atoms with van der Waals surface area (Å²) >= 11 is 8.14.